The molecule has 0 aliphatic heterocycles. The Morgan fingerprint density at radius 1 is 0.963 bits per heavy atom. The minimum atomic E-state index is -0.120. The van der Waals surface area contributed by atoms with Crippen molar-refractivity contribution in [3.05, 3.63) is 102 Å². The average molecular weight is 355 g/mol. The van der Waals surface area contributed by atoms with Gasteiger partial charge < -0.3 is 10.3 Å². The molecule has 4 rings (SSSR count). The Morgan fingerprint density at radius 3 is 2.52 bits per heavy atom. The van der Waals surface area contributed by atoms with Crippen molar-refractivity contribution in [3.63, 3.8) is 0 Å². The summed E-state index contributed by atoms with van der Waals surface area (Å²) < 4.78 is 0. The van der Waals surface area contributed by atoms with Crippen LogP contribution in [0.2, 0.25) is 0 Å². The Kier molecular flexibility index (Phi) is 4.97. The van der Waals surface area contributed by atoms with E-state index in [0.29, 0.717) is 12.8 Å². The monoisotopic (exact) mass is 355 g/mol. The van der Waals surface area contributed by atoms with Crippen molar-refractivity contribution in [2.45, 2.75) is 18.9 Å². The quantitative estimate of drug-likeness (QED) is 0.544. The standard InChI is InChI=1S/C23H21N3O/c27-23(15-17-10-11-18-6-4-5-9-20(18)14-17)26-21(16-22-24-12-13-25-22)19-7-2-1-3-8-19/h1-14,21H,15-16H2,(H,24,25)(H,26,27)/t21-/m1/s1. The zero-order chi connectivity index (χ0) is 18.5. The van der Waals surface area contributed by atoms with Crippen molar-refractivity contribution in [1.29, 1.82) is 0 Å². The molecule has 0 spiro atoms. The van der Waals surface area contributed by atoms with Gasteiger partial charge in [-0.05, 0) is 21.9 Å². The first kappa shape index (κ1) is 17.0. The summed E-state index contributed by atoms with van der Waals surface area (Å²) in [4.78, 5) is 20.1. The molecule has 1 heterocycles. The lowest BCUT2D eigenvalue weighted by Gasteiger charge is -2.18. The zero-order valence-corrected chi connectivity index (χ0v) is 14.9. The second kappa shape index (κ2) is 7.87. The van der Waals surface area contributed by atoms with Crippen molar-refractivity contribution in [2.75, 3.05) is 0 Å². The first-order chi connectivity index (χ1) is 13.3. The molecule has 0 radical (unpaired) electrons. The molecule has 27 heavy (non-hydrogen) atoms. The fraction of sp³-hybridized carbons (Fsp3) is 0.130. The van der Waals surface area contributed by atoms with Gasteiger partial charge in [0, 0.05) is 18.8 Å². The Bertz CT molecular complexity index is 1030. The predicted octanol–water partition coefficient (Wildman–Crippen LogP) is 4.21. The summed E-state index contributed by atoms with van der Waals surface area (Å²) >= 11 is 0. The van der Waals surface area contributed by atoms with E-state index in [2.05, 4.69) is 39.6 Å². The summed E-state index contributed by atoms with van der Waals surface area (Å²) in [5.74, 6) is 0.862. The number of carbonyl (C=O) groups is 1. The van der Waals surface area contributed by atoms with E-state index < -0.39 is 0 Å². The number of aromatic amines is 1. The SMILES string of the molecule is O=C(Cc1ccc2ccccc2c1)N[C@H](Cc1ncc[nH]1)c1ccccc1. The van der Waals surface area contributed by atoms with Gasteiger partial charge in [-0.15, -0.1) is 0 Å². The smallest absolute Gasteiger partial charge is 0.224 e. The highest BCUT2D eigenvalue weighted by Crippen LogP contribution is 2.19. The van der Waals surface area contributed by atoms with Gasteiger partial charge in [0.1, 0.15) is 5.82 Å². The number of fused-ring (bicyclic) bond motifs is 1. The van der Waals surface area contributed by atoms with E-state index in [-0.39, 0.29) is 11.9 Å². The van der Waals surface area contributed by atoms with E-state index in [9.17, 15) is 4.79 Å². The highest BCUT2D eigenvalue weighted by molar-refractivity contribution is 5.85. The summed E-state index contributed by atoms with van der Waals surface area (Å²) in [5.41, 5.74) is 2.08. The normalized spacial score (nSPS) is 12.0. The molecule has 4 aromatic rings. The largest absolute Gasteiger partial charge is 0.349 e. The molecule has 2 N–H and O–H groups in total. The van der Waals surface area contributed by atoms with E-state index in [4.69, 9.17) is 0 Å². The highest BCUT2D eigenvalue weighted by Gasteiger charge is 2.16. The van der Waals surface area contributed by atoms with Crippen LogP contribution in [0, 0.1) is 0 Å². The van der Waals surface area contributed by atoms with Gasteiger partial charge in [-0.3, -0.25) is 4.79 Å². The third-order valence-corrected chi connectivity index (χ3v) is 4.67. The fourth-order valence-electron chi connectivity index (χ4n) is 3.32. The molecular weight excluding hydrogens is 334 g/mol. The second-order valence-electron chi connectivity index (χ2n) is 6.63. The van der Waals surface area contributed by atoms with Gasteiger partial charge in [0.25, 0.3) is 0 Å². The molecule has 134 valence electrons. The number of amides is 1. The Balaban J connectivity index is 1.50. The fourth-order valence-corrected chi connectivity index (χ4v) is 3.32. The number of hydrogen-bond donors (Lipinski definition) is 2. The van der Waals surface area contributed by atoms with E-state index >= 15 is 0 Å². The highest BCUT2D eigenvalue weighted by atomic mass is 16.1. The van der Waals surface area contributed by atoms with E-state index in [1.807, 2.05) is 48.5 Å². The third kappa shape index (κ3) is 4.23. The third-order valence-electron chi connectivity index (χ3n) is 4.67. The van der Waals surface area contributed by atoms with E-state index in [0.717, 1.165) is 22.3 Å². The van der Waals surface area contributed by atoms with Gasteiger partial charge in [-0.1, -0.05) is 72.8 Å². The summed E-state index contributed by atoms with van der Waals surface area (Å²) in [6, 6.07) is 24.2. The first-order valence-corrected chi connectivity index (χ1v) is 9.08. The van der Waals surface area contributed by atoms with Crippen LogP contribution in [-0.4, -0.2) is 15.9 Å². The molecule has 3 aromatic carbocycles. The van der Waals surface area contributed by atoms with Crippen LogP contribution < -0.4 is 5.32 Å². The summed E-state index contributed by atoms with van der Waals surface area (Å²) in [6.45, 7) is 0. The number of hydrogen-bond acceptors (Lipinski definition) is 2. The number of rotatable bonds is 6. The number of H-pyrrole nitrogens is 1. The molecule has 1 aromatic heterocycles. The first-order valence-electron chi connectivity index (χ1n) is 9.08. The summed E-state index contributed by atoms with van der Waals surface area (Å²) in [6.07, 6.45) is 4.51. The summed E-state index contributed by atoms with van der Waals surface area (Å²) in [5, 5.41) is 5.50. The number of carbonyl (C=O) groups excluding carboxylic acids is 1. The van der Waals surface area contributed by atoms with Crippen LogP contribution in [0.4, 0.5) is 0 Å². The number of aromatic nitrogens is 2. The molecule has 1 amide bonds. The Hall–Kier alpha value is -3.40. The molecule has 0 fully saturated rings. The maximum Gasteiger partial charge on any atom is 0.224 e. The van der Waals surface area contributed by atoms with Crippen LogP contribution in [0.5, 0.6) is 0 Å². The van der Waals surface area contributed by atoms with E-state index in [1.165, 1.54) is 5.39 Å². The van der Waals surface area contributed by atoms with E-state index in [1.54, 1.807) is 12.4 Å². The minimum Gasteiger partial charge on any atom is -0.349 e. The number of nitrogens with zero attached hydrogens (tertiary/aromatic N) is 1. The van der Waals surface area contributed by atoms with Crippen LogP contribution in [0.25, 0.3) is 10.8 Å². The maximum atomic E-state index is 12.7. The molecule has 1 atom stereocenters. The lowest BCUT2D eigenvalue weighted by molar-refractivity contribution is -0.121. The van der Waals surface area contributed by atoms with Gasteiger partial charge in [0.05, 0.1) is 12.5 Å². The Morgan fingerprint density at radius 2 is 1.74 bits per heavy atom. The van der Waals surface area contributed by atoms with Crippen LogP contribution in [-0.2, 0) is 17.6 Å². The number of imidazole rings is 1. The summed E-state index contributed by atoms with van der Waals surface area (Å²) in [7, 11) is 0. The molecule has 4 heteroatoms. The second-order valence-corrected chi connectivity index (χ2v) is 6.63. The molecule has 0 aliphatic carbocycles. The molecule has 0 saturated heterocycles. The van der Waals surface area contributed by atoms with Crippen LogP contribution in [0.3, 0.4) is 0 Å². The average Bonchev–Trinajstić information content (AvgIpc) is 3.21. The zero-order valence-electron chi connectivity index (χ0n) is 14.9. The molecule has 4 nitrogen and oxygen atoms in total. The topological polar surface area (TPSA) is 57.8 Å². The van der Waals surface area contributed by atoms with Crippen molar-refractivity contribution in [3.8, 4) is 0 Å². The molecular formula is C23H21N3O. The van der Waals surface area contributed by atoms with Crippen LogP contribution >= 0.6 is 0 Å². The van der Waals surface area contributed by atoms with Crippen molar-refractivity contribution in [1.82, 2.24) is 15.3 Å². The van der Waals surface area contributed by atoms with Crippen LogP contribution in [0.15, 0.2) is 85.2 Å². The minimum absolute atomic E-state index is 0.00527. The van der Waals surface area contributed by atoms with Crippen molar-refractivity contribution in [2.24, 2.45) is 0 Å². The van der Waals surface area contributed by atoms with Crippen molar-refractivity contribution < 1.29 is 4.79 Å². The van der Waals surface area contributed by atoms with Crippen molar-refractivity contribution >= 4 is 16.7 Å². The lowest BCUT2D eigenvalue weighted by atomic mass is 10.0. The van der Waals surface area contributed by atoms with Gasteiger partial charge in [0.15, 0.2) is 0 Å². The van der Waals surface area contributed by atoms with Gasteiger partial charge in [-0.2, -0.15) is 0 Å². The lowest BCUT2D eigenvalue weighted by Crippen LogP contribution is -2.31. The molecule has 0 bridgehead atoms. The van der Waals surface area contributed by atoms with Gasteiger partial charge in [0.2, 0.25) is 5.91 Å². The molecule has 0 saturated carbocycles. The van der Waals surface area contributed by atoms with Gasteiger partial charge in [-0.25, -0.2) is 4.98 Å². The number of nitrogens with one attached hydrogen (secondary N) is 2. The maximum absolute atomic E-state index is 12.7. The van der Waals surface area contributed by atoms with Gasteiger partial charge >= 0.3 is 0 Å². The number of benzene rings is 3. The predicted molar refractivity (Wildman–Crippen MR) is 107 cm³/mol. The van der Waals surface area contributed by atoms with Crippen LogP contribution in [0.1, 0.15) is 23.0 Å². The molecule has 0 unspecified atom stereocenters. The molecule has 0 aliphatic rings. The Labute approximate surface area is 158 Å².